The van der Waals surface area contributed by atoms with Gasteiger partial charge in [0.1, 0.15) is 23.6 Å². The van der Waals surface area contributed by atoms with E-state index in [4.69, 9.17) is 0 Å². The normalized spacial score (nSPS) is 12.0. The summed E-state index contributed by atoms with van der Waals surface area (Å²) in [5.41, 5.74) is -0.00783. The van der Waals surface area contributed by atoms with Crippen LogP contribution in [0, 0.1) is 24.4 Å². The number of nitrogens with one attached hydrogen (secondary N) is 1. The fourth-order valence-corrected chi connectivity index (χ4v) is 2.01. The van der Waals surface area contributed by atoms with Gasteiger partial charge in [-0.15, -0.1) is 0 Å². The Balaban J connectivity index is 2.06. The van der Waals surface area contributed by atoms with Crippen LogP contribution in [0.5, 0.6) is 0 Å². The molecule has 2 rings (SSSR count). The zero-order valence-electron chi connectivity index (χ0n) is 11.7. The SMILES string of the molecule is Cc1cc(C(=O)NCC(O)c2c(F)cccc2F)ccc1F. The van der Waals surface area contributed by atoms with E-state index in [0.717, 1.165) is 18.2 Å². The van der Waals surface area contributed by atoms with Crippen LogP contribution in [0.3, 0.4) is 0 Å². The minimum Gasteiger partial charge on any atom is -0.386 e. The topological polar surface area (TPSA) is 49.3 Å². The number of carbonyl (C=O) groups excluding carboxylic acids is 1. The first-order chi connectivity index (χ1) is 10.4. The maximum atomic E-state index is 13.5. The van der Waals surface area contributed by atoms with Gasteiger partial charge >= 0.3 is 0 Å². The molecular weight excluding hydrogens is 295 g/mol. The number of amides is 1. The number of hydrogen-bond donors (Lipinski definition) is 2. The molecule has 3 nitrogen and oxygen atoms in total. The van der Waals surface area contributed by atoms with Gasteiger partial charge in [0.2, 0.25) is 0 Å². The number of aryl methyl sites for hydroxylation is 1. The summed E-state index contributed by atoms with van der Waals surface area (Å²) < 4.78 is 40.1. The lowest BCUT2D eigenvalue weighted by molar-refractivity contribution is 0.0911. The lowest BCUT2D eigenvalue weighted by Crippen LogP contribution is -2.29. The lowest BCUT2D eigenvalue weighted by atomic mass is 10.1. The number of hydrogen-bond acceptors (Lipinski definition) is 2. The highest BCUT2D eigenvalue weighted by molar-refractivity contribution is 5.94. The van der Waals surface area contributed by atoms with Crippen LogP contribution in [0.25, 0.3) is 0 Å². The van der Waals surface area contributed by atoms with Gasteiger partial charge in [0.05, 0.1) is 5.56 Å². The highest BCUT2D eigenvalue weighted by Crippen LogP contribution is 2.20. The van der Waals surface area contributed by atoms with Gasteiger partial charge in [0, 0.05) is 12.1 Å². The van der Waals surface area contributed by atoms with E-state index in [1.54, 1.807) is 0 Å². The maximum Gasteiger partial charge on any atom is 0.251 e. The average molecular weight is 309 g/mol. The highest BCUT2D eigenvalue weighted by Gasteiger charge is 2.18. The third kappa shape index (κ3) is 3.46. The molecule has 22 heavy (non-hydrogen) atoms. The predicted octanol–water partition coefficient (Wildman–Crippen LogP) is 2.88. The van der Waals surface area contributed by atoms with Crippen LogP contribution in [0.2, 0.25) is 0 Å². The molecule has 0 spiro atoms. The first kappa shape index (κ1) is 16.0. The molecule has 1 unspecified atom stereocenters. The molecule has 2 N–H and O–H groups in total. The van der Waals surface area contributed by atoms with Gasteiger partial charge in [-0.2, -0.15) is 0 Å². The Bertz CT molecular complexity index is 684. The summed E-state index contributed by atoms with van der Waals surface area (Å²) in [5.74, 6) is -2.79. The number of aliphatic hydroxyl groups is 1. The number of carbonyl (C=O) groups is 1. The average Bonchev–Trinajstić information content (AvgIpc) is 2.47. The molecule has 0 heterocycles. The summed E-state index contributed by atoms with van der Waals surface area (Å²) >= 11 is 0. The van der Waals surface area contributed by atoms with Crippen molar-refractivity contribution in [1.82, 2.24) is 5.32 Å². The molecule has 0 aromatic heterocycles. The Labute approximate surface area is 125 Å². The molecule has 0 fully saturated rings. The first-order valence-corrected chi connectivity index (χ1v) is 6.56. The summed E-state index contributed by atoms with van der Waals surface area (Å²) in [5, 5.41) is 12.2. The van der Waals surface area contributed by atoms with E-state index in [1.807, 2.05) is 0 Å². The van der Waals surface area contributed by atoms with Gasteiger partial charge in [-0.05, 0) is 42.8 Å². The summed E-state index contributed by atoms with van der Waals surface area (Å²) in [7, 11) is 0. The minimum absolute atomic E-state index is 0.195. The molecule has 6 heteroatoms. The number of benzene rings is 2. The van der Waals surface area contributed by atoms with Crippen molar-refractivity contribution < 1.29 is 23.1 Å². The van der Waals surface area contributed by atoms with E-state index in [0.29, 0.717) is 5.56 Å². The summed E-state index contributed by atoms with van der Waals surface area (Å²) in [6.45, 7) is 1.14. The Morgan fingerprint density at radius 1 is 1.14 bits per heavy atom. The molecule has 1 amide bonds. The molecule has 2 aromatic rings. The van der Waals surface area contributed by atoms with Crippen molar-refractivity contribution in [2.75, 3.05) is 6.54 Å². The van der Waals surface area contributed by atoms with E-state index >= 15 is 0 Å². The Hall–Kier alpha value is -2.34. The monoisotopic (exact) mass is 309 g/mol. The molecule has 0 aliphatic heterocycles. The molecular formula is C16H14F3NO2. The van der Waals surface area contributed by atoms with Crippen molar-refractivity contribution in [3.63, 3.8) is 0 Å². The van der Waals surface area contributed by atoms with Gasteiger partial charge in [0.15, 0.2) is 0 Å². The first-order valence-electron chi connectivity index (χ1n) is 6.56. The second-order valence-corrected chi connectivity index (χ2v) is 4.83. The molecule has 0 aliphatic carbocycles. The van der Waals surface area contributed by atoms with E-state index in [2.05, 4.69) is 5.32 Å². The van der Waals surface area contributed by atoms with Gasteiger partial charge < -0.3 is 10.4 Å². The minimum atomic E-state index is -1.52. The second kappa shape index (κ2) is 6.62. The third-order valence-electron chi connectivity index (χ3n) is 3.21. The molecule has 1 atom stereocenters. The predicted molar refractivity (Wildman–Crippen MR) is 74.8 cm³/mol. The van der Waals surface area contributed by atoms with E-state index in [9.17, 15) is 23.1 Å². The van der Waals surface area contributed by atoms with Crippen LogP contribution in [0.15, 0.2) is 36.4 Å². The number of aliphatic hydroxyl groups excluding tert-OH is 1. The molecule has 0 saturated carbocycles. The molecule has 0 saturated heterocycles. The molecule has 116 valence electrons. The van der Waals surface area contributed by atoms with E-state index in [1.165, 1.54) is 25.1 Å². The highest BCUT2D eigenvalue weighted by atomic mass is 19.1. The zero-order chi connectivity index (χ0) is 16.3. The summed E-state index contributed by atoms with van der Waals surface area (Å²) in [4.78, 5) is 11.9. The summed E-state index contributed by atoms with van der Waals surface area (Å²) in [6.07, 6.45) is -1.52. The summed E-state index contributed by atoms with van der Waals surface area (Å²) in [6, 6.07) is 7.01. The van der Waals surface area contributed by atoms with Gasteiger partial charge in [-0.1, -0.05) is 6.07 Å². The molecule has 0 aliphatic rings. The van der Waals surface area contributed by atoms with E-state index < -0.39 is 35.0 Å². The molecule has 2 aromatic carbocycles. The van der Waals surface area contributed by atoms with Crippen LogP contribution < -0.4 is 5.32 Å². The standard InChI is InChI=1S/C16H14F3NO2/c1-9-7-10(5-6-11(9)17)16(22)20-8-14(21)15-12(18)3-2-4-13(15)19/h2-7,14,21H,8H2,1H3,(H,20,22). The molecule has 0 bridgehead atoms. The number of halogens is 3. The Morgan fingerprint density at radius 3 is 2.36 bits per heavy atom. The van der Waals surface area contributed by atoms with Gasteiger partial charge in [-0.25, -0.2) is 13.2 Å². The van der Waals surface area contributed by atoms with Crippen molar-refractivity contribution in [1.29, 1.82) is 0 Å². The Kier molecular flexibility index (Phi) is 4.82. The van der Waals surface area contributed by atoms with Crippen LogP contribution in [-0.2, 0) is 0 Å². The number of rotatable bonds is 4. The fraction of sp³-hybridized carbons (Fsp3) is 0.188. The fourth-order valence-electron chi connectivity index (χ4n) is 2.01. The molecule has 0 radical (unpaired) electrons. The second-order valence-electron chi connectivity index (χ2n) is 4.83. The van der Waals surface area contributed by atoms with Crippen LogP contribution >= 0.6 is 0 Å². The van der Waals surface area contributed by atoms with Crippen LogP contribution in [0.4, 0.5) is 13.2 Å². The maximum absolute atomic E-state index is 13.5. The Morgan fingerprint density at radius 2 is 1.77 bits per heavy atom. The van der Waals surface area contributed by atoms with Crippen molar-refractivity contribution in [2.24, 2.45) is 0 Å². The van der Waals surface area contributed by atoms with Crippen LogP contribution in [-0.4, -0.2) is 17.6 Å². The van der Waals surface area contributed by atoms with Crippen molar-refractivity contribution in [2.45, 2.75) is 13.0 Å². The van der Waals surface area contributed by atoms with Crippen LogP contribution in [0.1, 0.15) is 27.6 Å². The third-order valence-corrected chi connectivity index (χ3v) is 3.21. The van der Waals surface area contributed by atoms with Crippen molar-refractivity contribution in [3.05, 3.63) is 70.5 Å². The van der Waals surface area contributed by atoms with Gasteiger partial charge in [-0.3, -0.25) is 4.79 Å². The van der Waals surface area contributed by atoms with E-state index in [-0.39, 0.29) is 12.1 Å². The smallest absolute Gasteiger partial charge is 0.251 e. The lowest BCUT2D eigenvalue weighted by Gasteiger charge is -2.14. The quantitative estimate of drug-likeness (QED) is 0.912. The van der Waals surface area contributed by atoms with Gasteiger partial charge in [0.25, 0.3) is 5.91 Å². The van der Waals surface area contributed by atoms with Crippen molar-refractivity contribution in [3.8, 4) is 0 Å². The zero-order valence-corrected chi connectivity index (χ0v) is 11.7. The van der Waals surface area contributed by atoms with Crippen molar-refractivity contribution >= 4 is 5.91 Å². The largest absolute Gasteiger partial charge is 0.386 e.